The molecule has 0 spiro atoms. The third-order valence-electron chi connectivity index (χ3n) is 3.14. The first-order valence-corrected chi connectivity index (χ1v) is 6.47. The molecule has 3 aromatic rings. The number of nitrogens with two attached hydrogens (primary N) is 1. The maximum absolute atomic E-state index is 7.71. The summed E-state index contributed by atoms with van der Waals surface area (Å²) in [5.74, 6) is 0.782. The molecule has 0 aliphatic heterocycles. The maximum Gasteiger partial charge on any atom is 0.232 e. The van der Waals surface area contributed by atoms with Gasteiger partial charge in [0.05, 0.1) is 16.8 Å². The summed E-state index contributed by atoms with van der Waals surface area (Å²) in [7, 11) is 1.79. The molecular weight excluding hydrogens is 266 g/mol. The lowest BCUT2D eigenvalue weighted by Crippen LogP contribution is -2.13. The van der Waals surface area contributed by atoms with Gasteiger partial charge >= 0.3 is 0 Å². The highest BCUT2D eigenvalue weighted by Gasteiger charge is 2.14. The SMILES string of the molecule is Cc1cc(Oc2nc3ccccc3cc2C(=N)N)n(C)n1. The van der Waals surface area contributed by atoms with Gasteiger partial charge in [0.1, 0.15) is 5.84 Å². The predicted molar refractivity (Wildman–Crippen MR) is 80.8 cm³/mol. The number of nitrogens with zero attached hydrogens (tertiary/aromatic N) is 3. The molecule has 3 rings (SSSR count). The summed E-state index contributed by atoms with van der Waals surface area (Å²) in [6.07, 6.45) is 0. The van der Waals surface area contributed by atoms with E-state index < -0.39 is 0 Å². The molecule has 0 radical (unpaired) electrons. The van der Waals surface area contributed by atoms with Gasteiger partial charge in [0.2, 0.25) is 11.8 Å². The number of hydrogen-bond acceptors (Lipinski definition) is 4. The standard InChI is InChI=1S/C15H15N5O/c1-9-7-13(20(2)19-9)21-15-11(14(16)17)8-10-5-3-4-6-12(10)18-15/h3-8H,1-2H3,(H3,16,17). The molecule has 0 aliphatic carbocycles. The number of amidine groups is 1. The molecule has 2 aromatic heterocycles. The fourth-order valence-corrected chi connectivity index (χ4v) is 2.15. The van der Waals surface area contributed by atoms with Crippen LogP contribution in [-0.2, 0) is 7.05 Å². The van der Waals surface area contributed by atoms with Crippen molar-refractivity contribution in [3.05, 3.63) is 47.7 Å². The Morgan fingerprint density at radius 1 is 1.29 bits per heavy atom. The summed E-state index contributed by atoms with van der Waals surface area (Å²) in [5.41, 5.74) is 7.74. The second kappa shape index (κ2) is 4.90. The Hall–Kier alpha value is -2.89. The molecule has 21 heavy (non-hydrogen) atoms. The van der Waals surface area contributed by atoms with Crippen molar-refractivity contribution in [3.8, 4) is 11.8 Å². The van der Waals surface area contributed by atoms with Crippen molar-refractivity contribution in [1.29, 1.82) is 5.41 Å². The molecular formula is C15H15N5O. The van der Waals surface area contributed by atoms with Crippen molar-refractivity contribution in [2.24, 2.45) is 12.8 Å². The van der Waals surface area contributed by atoms with Gasteiger partial charge in [-0.15, -0.1) is 0 Å². The third kappa shape index (κ3) is 2.43. The van der Waals surface area contributed by atoms with Crippen molar-refractivity contribution < 1.29 is 4.74 Å². The zero-order chi connectivity index (χ0) is 15.0. The van der Waals surface area contributed by atoms with E-state index in [9.17, 15) is 0 Å². The molecule has 0 saturated heterocycles. The fourth-order valence-electron chi connectivity index (χ4n) is 2.15. The van der Waals surface area contributed by atoms with E-state index in [1.807, 2.05) is 37.3 Å². The second-order valence-corrected chi connectivity index (χ2v) is 4.80. The van der Waals surface area contributed by atoms with Crippen LogP contribution in [0.1, 0.15) is 11.3 Å². The van der Waals surface area contributed by atoms with E-state index in [0.717, 1.165) is 16.6 Å². The molecule has 0 unspecified atom stereocenters. The van der Waals surface area contributed by atoms with Crippen LogP contribution in [0.4, 0.5) is 0 Å². The first-order valence-electron chi connectivity index (χ1n) is 6.47. The van der Waals surface area contributed by atoms with Gasteiger partial charge in [-0.2, -0.15) is 5.10 Å². The van der Waals surface area contributed by atoms with E-state index in [2.05, 4.69) is 10.1 Å². The normalized spacial score (nSPS) is 10.8. The van der Waals surface area contributed by atoms with Crippen LogP contribution in [0.3, 0.4) is 0 Å². The summed E-state index contributed by atoms with van der Waals surface area (Å²) in [4.78, 5) is 4.46. The van der Waals surface area contributed by atoms with Crippen LogP contribution in [0.15, 0.2) is 36.4 Å². The molecule has 1 aromatic carbocycles. The van der Waals surface area contributed by atoms with Crippen molar-refractivity contribution in [2.75, 3.05) is 0 Å². The zero-order valence-corrected chi connectivity index (χ0v) is 11.8. The molecule has 3 N–H and O–H groups in total. The quantitative estimate of drug-likeness (QED) is 0.569. The van der Waals surface area contributed by atoms with Crippen LogP contribution in [0.2, 0.25) is 0 Å². The monoisotopic (exact) mass is 281 g/mol. The maximum atomic E-state index is 7.71. The van der Waals surface area contributed by atoms with Gasteiger partial charge in [-0.1, -0.05) is 18.2 Å². The van der Waals surface area contributed by atoms with E-state index >= 15 is 0 Å². The molecule has 6 heteroatoms. The Morgan fingerprint density at radius 3 is 2.71 bits per heavy atom. The van der Waals surface area contributed by atoms with E-state index in [0.29, 0.717) is 17.3 Å². The van der Waals surface area contributed by atoms with Gasteiger partial charge in [0.25, 0.3) is 0 Å². The second-order valence-electron chi connectivity index (χ2n) is 4.80. The van der Waals surface area contributed by atoms with Crippen LogP contribution in [0, 0.1) is 12.3 Å². The molecule has 106 valence electrons. The highest BCUT2D eigenvalue weighted by Crippen LogP contribution is 2.26. The summed E-state index contributed by atoms with van der Waals surface area (Å²) >= 11 is 0. The number of rotatable bonds is 3. The lowest BCUT2D eigenvalue weighted by Gasteiger charge is -2.10. The highest BCUT2D eigenvalue weighted by molar-refractivity contribution is 6.00. The summed E-state index contributed by atoms with van der Waals surface area (Å²) < 4.78 is 7.42. The first kappa shape index (κ1) is 13.1. The smallest absolute Gasteiger partial charge is 0.232 e. The van der Waals surface area contributed by atoms with Gasteiger partial charge in [-0.3, -0.25) is 5.41 Å². The van der Waals surface area contributed by atoms with Gasteiger partial charge in [0.15, 0.2) is 0 Å². The van der Waals surface area contributed by atoms with Gasteiger partial charge in [0, 0.05) is 18.5 Å². The van der Waals surface area contributed by atoms with Crippen molar-refractivity contribution >= 4 is 16.7 Å². The Kier molecular flexibility index (Phi) is 3.06. The number of aryl methyl sites for hydroxylation is 2. The molecule has 0 atom stereocenters. The van der Waals surface area contributed by atoms with E-state index in [-0.39, 0.29) is 5.84 Å². The van der Waals surface area contributed by atoms with E-state index in [1.54, 1.807) is 17.8 Å². The molecule has 6 nitrogen and oxygen atoms in total. The average molecular weight is 281 g/mol. The summed E-state index contributed by atoms with van der Waals surface area (Å²) in [5, 5.41) is 12.8. The fraction of sp³-hybridized carbons (Fsp3) is 0.133. The number of ether oxygens (including phenoxy) is 1. The predicted octanol–water partition coefficient (Wildman–Crippen LogP) is 2.35. The number of aromatic nitrogens is 3. The average Bonchev–Trinajstić information content (AvgIpc) is 2.76. The zero-order valence-electron chi connectivity index (χ0n) is 11.8. The minimum atomic E-state index is -0.0813. The van der Waals surface area contributed by atoms with Gasteiger partial charge < -0.3 is 10.5 Å². The number of hydrogen-bond donors (Lipinski definition) is 2. The molecule has 0 fully saturated rings. The van der Waals surface area contributed by atoms with Crippen molar-refractivity contribution in [2.45, 2.75) is 6.92 Å². The lowest BCUT2D eigenvalue weighted by atomic mass is 10.1. The van der Waals surface area contributed by atoms with Crippen LogP contribution in [-0.4, -0.2) is 20.6 Å². The molecule has 0 amide bonds. The molecule has 0 bridgehead atoms. The minimum absolute atomic E-state index is 0.0813. The topological polar surface area (TPSA) is 89.8 Å². The number of fused-ring (bicyclic) bond motifs is 1. The minimum Gasteiger partial charge on any atom is -0.420 e. The van der Waals surface area contributed by atoms with Crippen LogP contribution < -0.4 is 10.5 Å². The van der Waals surface area contributed by atoms with Crippen LogP contribution in [0.25, 0.3) is 10.9 Å². The van der Waals surface area contributed by atoms with Crippen molar-refractivity contribution in [1.82, 2.24) is 14.8 Å². The summed E-state index contributed by atoms with van der Waals surface area (Å²) in [6.45, 7) is 1.88. The molecule has 0 aliphatic rings. The van der Waals surface area contributed by atoms with E-state index in [4.69, 9.17) is 15.9 Å². The number of nitrogen functional groups attached to an aromatic ring is 1. The molecule has 2 heterocycles. The lowest BCUT2D eigenvalue weighted by molar-refractivity contribution is 0.416. The Bertz CT molecular complexity index is 837. The third-order valence-corrected chi connectivity index (χ3v) is 3.14. The first-order chi connectivity index (χ1) is 10.0. The van der Waals surface area contributed by atoms with Gasteiger partial charge in [-0.25, -0.2) is 9.67 Å². The molecule has 0 saturated carbocycles. The number of para-hydroxylation sites is 1. The summed E-state index contributed by atoms with van der Waals surface area (Å²) in [6, 6.07) is 11.2. The Morgan fingerprint density at radius 2 is 2.05 bits per heavy atom. The number of benzene rings is 1. The van der Waals surface area contributed by atoms with Gasteiger partial charge in [-0.05, 0) is 19.1 Å². The highest BCUT2D eigenvalue weighted by atomic mass is 16.5. The van der Waals surface area contributed by atoms with Crippen molar-refractivity contribution in [3.63, 3.8) is 0 Å². The largest absolute Gasteiger partial charge is 0.420 e. The number of pyridine rings is 1. The number of nitrogens with one attached hydrogen (secondary N) is 1. The Balaban J connectivity index is 2.13. The van der Waals surface area contributed by atoms with E-state index in [1.165, 1.54) is 0 Å². The van der Waals surface area contributed by atoms with Crippen LogP contribution >= 0.6 is 0 Å². The van der Waals surface area contributed by atoms with Crippen LogP contribution in [0.5, 0.6) is 11.8 Å². The Labute approximate surface area is 121 Å².